The van der Waals surface area contributed by atoms with Gasteiger partial charge < -0.3 is 25.6 Å². The van der Waals surface area contributed by atoms with E-state index < -0.39 is 11.4 Å². The zero-order chi connectivity index (χ0) is 23.3. The number of anilines is 1. The van der Waals surface area contributed by atoms with Gasteiger partial charge in [0.25, 0.3) is 11.8 Å². The van der Waals surface area contributed by atoms with E-state index in [0.717, 1.165) is 11.3 Å². The van der Waals surface area contributed by atoms with Gasteiger partial charge >= 0.3 is 0 Å². The van der Waals surface area contributed by atoms with Gasteiger partial charge in [-0.3, -0.25) is 14.9 Å². The first-order chi connectivity index (χ1) is 14.5. The van der Waals surface area contributed by atoms with Crippen molar-refractivity contribution < 1.29 is 24.2 Å². The molecule has 0 aliphatic carbocycles. The predicted octanol–water partition coefficient (Wildman–Crippen LogP) is 3.28. The maximum atomic E-state index is 12.6. The summed E-state index contributed by atoms with van der Waals surface area (Å²) in [5.74, 6) is -0.304. The van der Waals surface area contributed by atoms with E-state index in [1.165, 1.54) is 26.4 Å². The zero-order valence-electron chi connectivity index (χ0n) is 19.0. The molecule has 2 aromatic rings. The van der Waals surface area contributed by atoms with Crippen molar-refractivity contribution in [3.8, 4) is 17.2 Å². The maximum Gasteiger partial charge on any atom is 0.270 e. The van der Waals surface area contributed by atoms with Crippen LogP contribution in [0.2, 0.25) is 0 Å². The van der Waals surface area contributed by atoms with Gasteiger partial charge in [0.15, 0.2) is 16.6 Å². The lowest BCUT2D eigenvalue weighted by Crippen LogP contribution is -2.57. The Kier molecular flexibility index (Phi) is 9.74. The van der Waals surface area contributed by atoms with Crippen LogP contribution >= 0.6 is 23.7 Å². The SMILES string of the molecule is COc1cc(O)c(C(=O)Nc2nc(C(=O)NCC(N)(C(C)C)C(C)C)cs2)cc1OC.Cl. The van der Waals surface area contributed by atoms with Gasteiger partial charge in [-0.1, -0.05) is 27.7 Å². The highest BCUT2D eigenvalue weighted by Gasteiger charge is 2.33. The topological polar surface area (TPSA) is 136 Å². The fraction of sp³-hybridized carbons (Fsp3) is 0.476. The number of halogens is 1. The third-order valence-electron chi connectivity index (χ3n) is 5.41. The first kappa shape index (κ1) is 27.5. The van der Waals surface area contributed by atoms with Gasteiger partial charge in [-0.15, -0.1) is 23.7 Å². The number of hydrogen-bond donors (Lipinski definition) is 4. The quantitative estimate of drug-likeness (QED) is 0.427. The highest BCUT2D eigenvalue weighted by atomic mass is 35.5. The molecule has 0 atom stereocenters. The summed E-state index contributed by atoms with van der Waals surface area (Å²) in [5.41, 5.74) is 6.08. The summed E-state index contributed by atoms with van der Waals surface area (Å²) < 4.78 is 10.3. The van der Waals surface area contributed by atoms with E-state index in [2.05, 4.69) is 15.6 Å². The molecule has 5 N–H and O–H groups in total. The smallest absolute Gasteiger partial charge is 0.270 e. The van der Waals surface area contributed by atoms with E-state index in [1.54, 1.807) is 5.38 Å². The van der Waals surface area contributed by atoms with Gasteiger partial charge in [0, 0.05) is 29.6 Å². The highest BCUT2D eigenvalue weighted by Crippen LogP contribution is 2.34. The minimum Gasteiger partial charge on any atom is -0.507 e. The zero-order valence-corrected chi connectivity index (χ0v) is 20.6. The van der Waals surface area contributed by atoms with Crippen LogP contribution in [0.5, 0.6) is 17.2 Å². The Morgan fingerprint density at radius 3 is 2.22 bits per heavy atom. The molecule has 0 aliphatic heterocycles. The van der Waals surface area contributed by atoms with Crippen LogP contribution in [0.25, 0.3) is 0 Å². The standard InChI is InChI=1S/C21H30N4O5S.ClH/c1-11(2)21(22,12(3)4)10-23-19(28)14-9-31-20(24-14)25-18(27)13-7-16(29-5)17(30-6)8-15(13)26;/h7-9,11-12,26H,10,22H2,1-6H3,(H,23,28)(H,24,25,27);1H. The number of nitrogens with two attached hydrogens (primary N) is 1. The number of ether oxygens (including phenoxy) is 2. The lowest BCUT2D eigenvalue weighted by atomic mass is 9.78. The number of nitrogens with one attached hydrogen (secondary N) is 2. The summed E-state index contributed by atoms with van der Waals surface area (Å²) in [4.78, 5) is 29.2. The van der Waals surface area contributed by atoms with E-state index in [9.17, 15) is 14.7 Å². The first-order valence-electron chi connectivity index (χ1n) is 9.82. The number of phenols is 1. The second-order valence-corrected chi connectivity index (χ2v) is 8.68. The van der Waals surface area contributed by atoms with Gasteiger partial charge in [0.2, 0.25) is 0 Å². The molecule has 1 heterocycles. The number of amides is 2. The van der Waals surface area contributed by atoms with Crippen molar-refractivity contribution in [2.24, 2.45) is 17.6 Å². The van der Waals surface area contributed by atoms with Crippen LogP contribution in [-0.4, -0.2) is 48.2 Å². The minimum atomic E-state index is -0.597. The number of nitrogens with zero attached hydrogens (tertiary/aromatic N) is 1. The van der Waals surface area contributed by atoms with Crippen LogP contribution in [0.15, 0.2) is 17.5 Å². The van der Waals surface area contributed by atoms with Crippen molar-refractivity contribution >= 4 is 40.7 Å². The molecule has 32 heavy (non-hydrogen) atoms. The minimum absolute atomic E-state index is 0. The molecule has 0 saturated heterocycles. The van der Waals surface area contributed by atoms with E-state index in [0.29, 0.717) is 18.0 Å². The van der Waals surface area contributed by atoms with Crippen molar-refractivity contribution in [2.75, 3.05) is 26.1 Å². The van der Waals surface area contributed by atoms with Crippen LogP contribution < -0.4 is 25.8 Å². The van der Waals surface area contributed by atoms with E-state index in [-0.39, 0.29) is 52.3 Å². The average molecular weight is 487 g/mol. The van der Waals surface area contributed by atoms with Gasteiger partial charge in [-0.25, -0.2) is 4.98 Å². The molecule has 1 aromatic heterocycles. The van der Waals surface area contributed by atoms with Gasteiger partial charge in [-0.05, 0) is 11.8 Å². The number of hydrogen-bond acceptors (Lipinski definition) is 8. The van der Waals surface area contributed by atoms with E-state index in [4.69, 9.17) is 15.2 Å². The van der Waals surface area contributed by atoms with Crippen LogP contribution in [0.3, 0.4) is 0 Å². The Balaban J connectivity index is 0.00000512. The third-order valence-corrected chi connectivity index (χ3v) is 6.17. The van der Waals surface area contributed by atoms with Crippen LogP contribution in [0.1, 0.15) is 48.5 Å². The maximum absolute atomic E-state index is 12.6. The Labute approximate surface area is 198 Å². The molecule has 9 nitrogen and oxygen atoms in total. The summed E-state index contributed by atoms with van der Waals surface area (Å²) in [6.07, 6.45) is 0. The van der Waals surface area contributed by atoms with Gasteiger partial charge in [0.1, 0.15) is 11.4 Å². The molecule has 2 amide bonds. The number of methoxy groups -OCH3 is 2. The largest absolute Gasteiger partial charge is 0.507 e. The molecule has 2 rings (SSSR count). The lowest BCUT2D eigenvalue weighted by molar-refractivity contribution is 0.0920. The Morgan fingerprint density at radius 1 is 1.12 bits per heavy atom. The lowest BCUT2D eigenvalue weighted by Gasteiger charge is -2.37. The second-order valence-electron chi connectivity index (χ2n) is 7.82. The van der Waals surface area contributed by atoms with Crippen molar-refractivity contribution in [3.05, 3.63) is 28.8 Å². The number of aromatic nitrogens is 1. The molecule has 0 saturated carbocycles. The number of benzene rings is 1. The average Bonchev–Trinajstić information content (AvgIpc) is 3.19. The summed E-state index contributed by atoms with van der Waals surface area (Å²) in [5, 5.41) is 17.3. The number of carbonyl (C=O) groups is 2. The number of aromatic hydroxyl groups is 1. The molecule has 1 aromatic carbocycles. The molecule has 0 bridgehead atoms. The fourth-order valence-electron chi connectivity index (χ4n) is 3.05. The molecule has 0 aliphatic rings. The highest BCUT2D eigenvalue weighted by molar-refractivity contribution is 7.14. The number of carbonyl (C=O) groups excluding carboxylic acids is 2. The fourth-order valence-corrected chi connectivity index (χ4v) is 3.73. The molecule has 0 radical (unpaired) electrons. The van der Waals surface area contributed by atoms with Crippen LogP contribution in [0.4, 0.5) is 5.13 Å². The number of thiazole rings is 1. The molecule has 11 heteroatoms. The summed E-state index contributed by atoms with van der Waals surface area (Å²) in [6, 6.07) is 2.65. The second kappa shape index (κ2) is 11.3. The van der Waals surface area contributed by atoms with Crippen LogP contribution in [-0.2, 0) is 0 Å². The molecule has 0 spiro atoms. The van der Waals surface area contributed by atoms with Crippen molar-refractivity contribution in [1.29, 1.82) is 0 Å². The first-order valence-corrected chi connectivity index (χ1v) is 10.7. The van der Waals surface area contributed by atoms with Gasteiger partial charge in [-0.2, -0.15) is 0 Å². The monoisotopic (exact) mass is 486 g/mol. The summed E-state index contributed by atoms with van der Waals surface area (Å²) >= 11 is 1.10. The Morgan fingerprint density at radius 2 is 1.69 bits per heavy atom. The van der Waals surface area contributed by atoms with Crippen molar-refractivity contribution in [2.45, 2.75) is 33.2 Å². The predicted molar refractivity (Wildman–Crippen MR) is 127 cm³/mol. The number of phenolic OH excluding ortho intramolecular Hbond substituents is 1. The van der Waals surface area contributed by atoms with Crippen molar-refractivity contribution in [3.63, 3.8) is 0 Å². The van der Waals surface area contributed by atoms with E-state index >= 15 is 0 Å². The van der Waals surface area contributed by atoms with Crippen LogP contribution in [0, 0.1) is 11.8 Å². The van der Waals surface area contributed by atoms with Gasteiger partial charge in [0.05, 0.1) is 19.8 Å². The Hall–Kier alpha value is -2.56. The molecular weight excluding hydrogens is 456 g/mol. The molecular formula is C21H31ClN4O5S. The molecule has 178 valence electrons. The summed E-state index contributed by atoms with van der Waals surface area (Å²) in [7, 11) is 2.85. The molecule has 0 unspecified atom stereocenters. The third kappa shape index (κ3) is 6.02. The van der Waals surface area contributed by atoms with Crippen molar-refractivity contribution in [1.82, 2.24) is 10.3 Å². The number of rotatable bonds is 9. The normalized spacial score (nSPS) is 11.2. The molecule has 0 fully saturated rings. The summed E-state index contributed by atoms with van der Waals surface area (Å²) in [6.45, 7) is 8.39. The van der Waals surface area contributed by atoms with E-state index in [1.807, 2.05) is 27.7 Å². The Bertz CT molecular complexity index is 940.